The molecule has 0 saturated carbocycles. The van der Waals surface area contributed by atoms with Crippen molar-refractivity contribution in [2.45, 2.75) is 32.8 Å². The molecule has 7 nitrogen and oxygen atoms in total. The van der Waals surface area contributed by atoms with Crippen molar-refractivity contribution in [3.63, 3.8) is 0 Å². The zero-order valence-corrected chi connectivity index (χ0v) is 14.3. The van der Waals surface area contributed by atoms with Gasteiger partial charge in [0.25, 0.3) is 0 Å². The Hall–Kier alpha value is -2.67. The maximum Gasteiger partial charge on any atom is 0.226 e. The number of furan rings is 1. The normalized spacial score (nSPS) is 15.7. The van der Waals surface area contributed by atoms with Crippen LogP contribution in [0.3, 0.4) is 0 Å². The molecule has 25 heavy (non-hydrogen) atoms. The molecule has 130 valence electrons. The first-order chi connectivity index (χ1) is 12.1. The number of aliphatic hydroxyl groups is 1. The highest BCUT2D eigenvalue weighted by Gasteiger charge is 2.23. The van der Waals surface area contributed by atoms with Crippen molar-refractivity contribution in [1.82, 2.24) is 15.1 Å². The van der Waals surface area contributed by atoms with Crippen molar-refractivity contribution in [3.05, 3.63) is 35.9 Å². The van der Waals surface area contributed by atoms with Gasteiger partial charge in [-0.15, -0.1) is 0 Å². The smallest absolute Gasteiger partial charge is 0.226 e. The Bertz CT molecular complexity index is 865. The number of hydrogen-bond donors (Lipinski definition) is 1. The predicted octanol–water partition coefficient (Wildman–Crippen LogP) is 2.97. The van der Waals surface area contributed by atoms with Crippen molar-refractivity contribution in [3.8, 4) is 22.8 Å². The molecule has 4 rings (SSSR count). The van der Waals surface area contributed by atoms with E-state index < -0.39 is 0 Å². The molecule has 1 aliphatic rings. The molecular weight excluding hydrogens is 320 g/mol. The van der Waals surface area contributed by atoms with Crippen LogP contribution in [0, 0.1) is 13.8 Å². The Morgan fingerprint density at radius 1 is 1.24 bits per heavy atom. The second-order valence-corrected chi connectivity index (χ2v) is 6.35. The van der Waals surface area contributed by atoms with Crippen LogP contribution in [0.1, 0.15) is 24.1 Å². The summed E-state index contributed by atoms with van der Waals surface area (Å²) in [4.78, 5) is 11.4. The van der Waals surface area contributed by atoms with Crippen molar-refractivity contribution < 1.29 is 14.0 Å². The first kappa shape index (κ1) is 15.8. The van der Waals surface area contributed by atoms with E-state index in [0.717, 1.165) is 42.8 Å². The van der Waals surface area contributed by atoms with Crippen molar-refractivity contribution in [1.29, 1.82) is 0 Å². The summed E-state index contributed by atoms with van der Waals surface area (Å²) in [5.41, 5.74) is 3.24. The van der Waals surface area contributed by atoms with E-state index in [9.17, 15) is 5.11 Å². The zero-order valence-electron chi connectivity index (χ0n) is 14.3. The van der Waals surface area contributed by atoms with Gasteiger partial charge in [0.2, 0.25) is 5.95 Å². The number of aliphatic hydroxyl groups excluding tert-OH is 1. The summed E-state index contributed by atoms with van der Waals surface area (Å²) in [5, 5.41) is 13.7. The van der Waals surface area contributed by atoms with Gasteiger partial charge in [0.15, 0.2) is 11.5 Å². The van der Waals surface area contributed by atoms with Gasteiger partial charge in [0.1, 0.15) is 5.69 Å². The average Bonchev–Trinajstić information content (AvgIpc) is 3.27. The number of rotatable bonds is 3. The largest absolute Gasteiger partial charge is 0.463 e. The van der Waals surface area contributed by atoms with Gasteiger partial charge >= 0.3 is 0 Å². The van der Waals surface area contributed by atoms with Crippen LogP contribution < -0.4 is 4.90 Å². The molecule has 1 N–H and O–H groups in total. The van der Waals surface area contributed by atoms with E-state index in [1.54, 1.807) is 12.5 Å². The summed E-state index contributed by atoms with van der Waals surface area (Å²) in [6.45, 7) is 5.34. The highest BCUT2D eigenvalue weighted by molar-refractivity contribution is 5.77. The summed E-state index contributed by atoms with van der Waals surface area (Å²) in [6.07, 6.45) is 4.60. The van der Waals surface area contributed by atoms with Gasteiger partial charge in [-0.25, -0.2) is 9.97 Å². The minimum atomic E-state index is -0.236. The fourth-order valence-corrected chi connectivity index (χ4v) is 3.02. The molecule has 1 aliphatic heterocycles. The van der Waals surface area contributed by atoms with E-state index in [2.05, 4.69) is 15.0 Å². The summed E-state index contributed by atoms with van der Waals surface area (Å²) in [6, 6.07) is 3.70. The lowest BCUT2D eigenvalue weighted by molar-refractivity contribution is 0.145. The minimum Gasteiger partial charge on any atom is -0.463 e. The first-order valence-corrected chi connectivity index (χ1v) is 8.40. The Morgan fingerprint density at radius 3 is 2.68 bits per heavy atom. The lowest BCUT2D eigenvalue weighted by Crippen LogP contribution is -2.36. The summed E-state index contributed by atoms with van der Waals surface area (Å²) in [5.74, 6) is 1.95. The monoisotopic (exact) mass is 340 g/mol. The number of aryl methyl sites for hydroxylation is 1. The Balaban J connectivity index is 1.79. The third kappa shape index (κ3) is 2.91. The third-order valence-corrected chi connectivity index (χ3v) is 4.68. The standard InChI is InChI=1S/C18H20N4O3/c1-11-12(2)21-25-17(11)14-10-19-18(22-7-5-13(23)6-8-22)20-16(14)15-4-3-9-24-15/h3-4,9-10,13,23H,5-8H2,1-2H3. The Kier molecular flexibility index (Phi) is 4.01. The van der Waals surface area contributed by atoms with Crippen molar-refractivity contribution in [2.24, 2.45) is 0 Å². The molecule has 3 aromatic heterocycles. The maximum absolute atomic E-state index is 9.70. The van der Waals surface area contributed by atoms with Gasteiger partial charge in [-0.3, -0.25) is 0 Å². The second-order valence-electron chi connectivity index (χ2n) is 6.35. The predicted molar refractivity (Wildman–Crippen MR) is 92.2 cm³/mol. The molecule has 0 aromatic carbocycles. The number of hydrogen-bond acceptors (Lipinski definition) is 7. The van der Waals surface area contributed by atoms with Crippen LogP contribution in [0.15, 0.2) is 33.5 Å². The molecule has 4 heterocycles. The van der Waals surface area contributed by atoms with Crippen LogP contribution in [0.5, 0.6) is 0 Å². The van der Waals surface area contributed by atoms with Crippen LogP contribution in [0.2, 0.25) is 0 Å². The lowest BCUT2D eigenvalue weighted by atomic mass is 10.1. The molecule has 0 spiro atoms. The van der Waals surface area contributed by atoms with Gasteiger partial charge in [-0.2, -0.15) is 0 Å². The molecule has 0 unspecified atom stereocenters. The maximum atomic E-state index is 9.70. The van der Waals surface area contributed by atoms with Gasteiger partial charge in [-0.1, -0.05) is 5.16 Å². The molecule has 1 saturated heterocycles. The molecular formula is C18H20N4O3. The van der Waals surface area contributed by atoms with Crippen LogP contribution in [-0.4, -0.2) is 39.4 Å². The lowest BCUT2D eigenvalue weighted by Gasteiger charge is -2.29. The van der Waals surface area contributed by atoms with E-state index in [4.69, 9.17) is 13.9 Å². The fourth-order valence-electron chi connectivity index (χ4n) is 3.02. The molecule has 3 aromatic rings. The molecule has 0 aliphatic carbocycles. The number of nitrogens with zero attached hydrogens (tertiary/aromatic N) is 4. The van der Waals surface area contributed by atoms with Crippen LogP contribution >= 0.6 is 0 Å². The number of piperidine rings is 1. The molecule has 7 heteroatoms. The van der Waals surface area contributed by atoms with Crippen LogP contribution in [0.25, 0.3) is 22.8 Å². The highest BCUT2D eigenvalue weighted by Crippen LogP contribution is 2.34. The van der Waals surface area contributed by atoms with Crippen molar-refractivity contribution in [2.75, 3.05) is 18.0 Å². The van der Waals surface area contributed by atoms with E-state index in [1.807, 2.05) is 26.0 Å². The average molecular weight is 340 g/mol. The van der Waals surface area contributed by atoms with E-state index in [0.29, 0.717) is 23.2 Å². The SMILES string of the molecule is Cc1noc(-c2cnc(N3CCC(O)CC3)nc2-c2ccco2)c1C. The number of anilines is 1. The summed E-state index contributed by atoms with van der Waals surface area (Å²) in [7, 11) is 0. The second kappa shape index (κ2) is 6.33. The summed E-state index contributed by atoms with van der Waals surface area (Å²) < 4.78 is 11.1. The summed E-state index contributed by atoms with van der Waals surface area (Å²) >= 11 is 0. The quantitative estimate of drug-likeness (QED) is 0.784. The van der Waals surface area contributed by atoms with Gasteiger partial charge in [0, 0.05) is 24.8 Å². The molecule has 1 fully saturated rings. The zero-order chi connectivity index (χ0) is 17.4. The molecule has 0 amide bonds. The van der Waals surface area contributed by atoms with E-state index >= 15 is 0 Å². The third-order valence-electron chi connectivity index (χ3n) is 4.68. The number of aromatic nitrogens is 3. The Morgan fingerprint density at radius 2 is 2.04 bits per heavy atom. The van der Waals surface area contributed by atoms with Gasteiger partial charge < -0.3 is 18.9 Å². The fraction of sp³-hybridized carbons (Fsp3) is 0.389. The topological polar surface area (TPSA) is 88.4 Å². The van der Waals surface area contributed by atoms with Crippen LogP contribution in [-0.2, 0) is 0 Å². The molecule has 0 radical (unpaired) electrons. The Labute approximate surface area is 145 Å². The van der Waals surface area contributed by atoms with Gasteiger partial charge in [-0.05, 0) is 38.8 Å². The molecule has 0 atom stereocenters. The van der Waals surface area contributed by atoms with E-state index in [-0.39, 0.29) is 6.10 Å². The highest BCUT2D eigenvalue weighted by atomic mass is 16.5. The van der Waals surface area contributed by atoms with E-state index in [1.165, 1.54) is 0 Å². The van der Waals surface area contributed by atoms with Crippen LogP contribution in [0.4, 0.5) is 5.95 Å². The first-order valence-electron chi connectivity index (χ1n) is 8.40. The van der Waals surface area contributed by atoms with Crippen molar-refractivity contribution >= 4 is 5.95 Å². The van der Waals surface area contributed by atoms with Gasteiger partial charge in [0.05, 0.1) is 23.6 Å². The molecule has 0 bridgehead atoms. The minimum absolute atomic E-state index is 0.236.